The molecule has 4 nitrogen and oxygen atoms in total. The highest BCUT2D eigenvalue weighted by molar-refractivity contribution is 5.90. The molecule has 0 saturated heterocycles. The number of nitrogens with two attached hydrogens (primary N) is 1. The van der Waals surface area contributed by atoms with Crippen molar-refractivity contribution in [1.82, 2.24) is 10.2 Å². The molecule has 0 fully saturated rings. The van der Waals surface area contributed by atoms with Gasteiger partial charge in [0.25, 0.3) is 0 Å². The van der Waals surface area contributed by atoms with Crippen molar-refractivity contribution in [1.29, 1.82) is 0 Å². The fraction of sp³-hybridized carbons (Fsp3) is 0.111. The average molecular weight is 175 g/mol. The Hall–Kier alpha value is -1.84. The smallest absolute Gasteiger partial charge is 0.153 e. The largest absolute Gasteiger partial charge is 0.497 e. The van der Waals surface area contributed by atoms with Crippen molar-refractivity contribution in [2.24, 2.45) is 0 Å². The monoisotopic (exact) mass is 175 g/mol. The summed E-state index contributed by atoms with van der Waals surface area (Å²) in [6.45, 7) is 0. The lowest BCUT2D eigenvalue weighted by Gasteiger charge is -2.02. The molecule has 2 aromatic rings. The number of hydrogen-bond donors (Lipinski definition) is 1. The first-order valence-electron chi connectivity index (χ1n) is 3.86. The van der Waals surface area contributed by atoms with Crippen LogP contribution in [-0.4, -0.2) is 17.3 Å². The number of methoxy groups -OCH3 is 1. The Morgan fingerprint density at radius 1 is 1.38 bits per heavy atom. The molecular weight excluding hydrogens is 166 g/mol. The van der Waals surface area contributed by atoms with Crippen LogP contribution in [0.5, 0.6) is 5.75 Å². The lowest BCUT2D eigenvalue weighted by Crippen LogP contribution is -1.93. The lowest BCUT2D eigenvalue weighted by molar-refractivity contribution is 0.415. The SMILES string of the molecule is COc1ccc2c(N)nncc2c1. The number of benzene rings is 1. The molecule has 0 amide bonds. The van der Waals surface area contributed by atoms with Crippen LogP contribution in [0.2, 0.25) is 0 Å². The molecule has 2 N–H and O–H groups in total. The van der Waals surface area contributed by atoms with Gasteiger partial charge in [0.2, 0.25) is 0 Å². The molecule has 13 heavy (non-hydrogen) atoms. The third-order valence-electron chi connectivity index (χ3n) is 1.90. The van der Waals surface area contributed by atoms with Gasteiger partial charge >= 0.3 is 0 Å². The number of anilines is 1. The Morgan fingerprint density at radius 2 is 2.23 bits per heavy atom. The predicted molar refractivity (Wildman–Crippen MR) is 50.5 cm³/mol. The molecule has 0 aliphatic rings. The summed E-state index contributed by atoms with van der Waals surface area (Å²) in [4.78, 5) is 0. The normalized spacial score (nSPS) is 10.2. The van der Waals surface area contributed by atoms with Crippen molar-refractivity contribution < 1.29 is 4.74 Å². The average Bonchev–Trinajstić information content (AvgIpc) is 2.18. The molecule has 1 aromatic carbocycles. The number of nitrogens with zero attached hydrogens (tertiary/aromatic N) is 2. The Bertz CT molecular complexity index is 442. The molecular formula is C9H9N3O. The maximum atomic E-state index is 5.63. The van der Waals surface area contributed by atoms with E-state index in [0.29, 0.717) is 5.82 Å². The quantitative estimate of drug-likeness (QED) is 0.707. The maximum absolute atomic E-state index is 5.63. The summed E-state index contributed by atoms with van der Waals surface area (Å²) in [5.74, 6) is 1.24. The molecule has 1 heterocycles. The first-order valence-corrected chi connectivity index (χ1v) is 3.86. The lowest BCUT2D eigenvalue weighted by atomic mass is 10.2. The van der Waals surface area contributed by atoms with Crippen LogP contribution in [0.3, 0.4) is 0 Å². The Labute approximate surface area is 75.3 Å². The third-order valence-corrected chi connectivity index (χ3v) is 1.90. The van der Waals surface area contributed by atoms with E-state index in [9.17, 15) is 0 Å². The maximum Gasteiger partial charge on any atom is 0.153 e. The minimum Gasteiger partial charge on any atom is -0.497 e. The van der Waals surface area contributed by atoms with Crippen LogP contribution in [0.4, 0.5) is 5.82 Å². The summed E-state index contributed by atoms with van der Waals surface area (Å²) in [5, 5.41) is 9.34. The van der Waals surface area contributed by atoms with E-state index in [1.807, 2.05) is 18.2 Å². The number of aromatic nitrogens is 2. The van der Waals surface area contributed by atoms with Crippen LogP contribution in [0.25, 0.3) is 10.8 Å². The van der Waals surface area contributed by atoms with Gasteiger partial charge in [-0.2, -0.15) is 5.10 Å². The van der Waals surface area contributed by atoms with Crippen molar-refractivity contribution in [3.8, 4) is 5.75 Å². The second kappa shape index (κ2) is 2.90. The standard InChI is InChI=1S/C9H9N3O/c1-13-7-2-3-8-6(4-7)5-11-12-9(8)10/h2-5H,1H3,(H2,10,12). The Morgan fingerprint density at radius 3 is 3.00 bits per heavy atom. The minimum atomic E-state index is 0.445. The van der Waals surface area contributed by atoms with E-state index in [-0.39, 0.29) is 0 Å². The van der Waals surface area contributed by atoms with Crippen molar-refractivity contribution in [2.75, 3.05) is 12.8 Å². The topological polar surface area (TPSA) is 61.0 Å². The summed E-state index contributed by atoms with van der Waals surface area (Å²) >= 11 is 0. The zero-order valence-electron chi connectivity index (χ0n) is 7.19. The highest BCUT2D eigenvalue weighted by Crippen LogP contribution is 2.22. The van der Waals surface area contributed by atoms with Gasteiger partial charge in [-0.1, -0.05) is 0 Å². The van der Waals surface area contributed by atoms with E-state index in [2.05, 4.69) is 10.2 Å². The van der Waals surface area contributed by atoms with Gasteiger partial charge in [-0.15, -0.1) is 5.10 Å². The van der Waals surface area contributed by atoms with Crippen molar-refractivity contribution in [2.45, 2.75) is 0 Å². The first kappa shape index (κ1) is 7.79. The first-order chi connectivity index (χ1) is 6.31. The van der Waals surface area contributed by atoms with E-state index in [1.54, 1.807) is 13.3 Å². The fourth-order valence-electron chi connectivity index (χ4n) is 1.21. The van der Waals surface area contributed by atoms with Crippen LogP contribution in [-0.2, 0) is 0 Å². The van der Waals surface area contributed by atoms with Crippen molar-refractivity contribution in [3.63, 3.8) is 0 Å². The highest BCUT2D eigenvalue weighted by atomic mass is 16.5. The molecule has 2 rings (SSSR count). The van der Waals surface area contributed by atoms with E-state index in [1.165, 1.54) is 0 Å². The van der Waals surface area contributed by atoms with Gasteiger partial charge in [0.05, 0.1) is 13.3 Å². The van der Waals surface area contributed by atoms with Crippen LogP contribution >= 0.6 is 0 Å². The van der Waals surface area contributed by atoms with Gasteiger partial charge in [-0.3, -0.25) is 0 Å². The molecule has 0 bridgehead atoms. The minimum absolute atomic E-state index is 0.445. The van der Waals surface area contributed by atoms with Gasteiger partial charge in [0.15, 0.2) is 5.82 Å². The third kappa shape index (κ3) is 1.26. The van der Waals surface area contributed by atoms with E-state index in [4.69, 9.17) is 10.5 Å². The number of rotatable bonds is 1. The molecule has 0 atom stereocenters. The summed E-state index contributed by atoms with van der Waals surface area (Å²) in [6, 6.07) is 5.60. The molecule has 0 aliphatic heterocycles. The summed E-state index contributed by atoms with van der Waals surface area (Å²) in [6.07, 6.45) is 1.66. The van der Waals surface area contributed by atoms with Crippen molar-refractivity contribution >= 4 is 16.6 Å². The number of nitrogen functional groups attached to an aromatic ring is 1. The number of hydrogen-bond acceptors (Lipinski definition) is 4. The molecule has 1 aromatic heterocycles. The van der Waals surface area contributed by atoms with Crippen LogP contribution in [0.15, 0.2) is 24.4 Å². The second-order valence-corrected chi connectivity index (χ2v) is 2.68. The fourth-order valence-corrected chi connectivity index (χ4v) is 1.21. The number of ether oxygens (including phenoxy) is 1. The molecule has 0 radical (unpaired) electrons. The molecule has 0 unspecified atom stereocenters. The Kier molecular flexibility index (Phi) is 1.73. The van der Waals surface area contributed by atoms with Gasteiger partial charge in [-0.05, 0) is 18.2 Å². The van der Waals surface area contributed by atoms with Gasteiger partial charge in [0.1, 0.15) is 5.75 Å². The molecule has 4 heteroatoms. The van der Waals surface area contributed by atoms with Crippen molar-refractivity contribution in [3.05, 3.63) is 24.4 Å². The zero-order valence-corrected chi connectivity index (χ0v) is 7.19. The van der Waals surface area contributed by atoms with E-state index in [0.717, 1.165) is 16.5 Å². The summed E-state index contributed by atoms with van der Waals surface area (Å²) in [5.41, 5.74) is 5.63. The zero-order chi connectivity index (χ0) is 9.26. The van der Waals surface area contributed by atoms with Gasteiger partial charge in [0, 0.05) is 10.8 Å². The molecule has 0 saturated carbocycles. The van der Waals surface area contributed by atoms with Crippen LogP contribution < -0.4 is 10.5 Å². The molecule has 66 valence electrons. The second-order valence-electron chi connectivity index (χ2n) is 2.68. The summed E-state index contributed by atoms with van der Waals surface area (Å²) in [7, 11) is 1.62. The Balaban J connectivity index is 2.72. The van der Waals surface area contributed by atoms with E-state index < -0.39 is 0 Å². The summed E-state index contributed by atoms with van der Waals surface area (Å²) < 4.78 is 5.07. The van der Waals surface area contributed by atoms with Gasteiger partial charge in [-0.25, -0.2) is 0 Å². The predicted octanol–water partition coefficient (Wildman–Crippen LogP) is 1.22. The van der Waals surface area contributed by atoms with Crippen LogP contribution in [0.1, 0.15) is 0 Å². The van der Waals surface area contributed by atoms with Gasteiger partial charge < -0.3 is 10.5 Å². The van der Waals surface area contributed by atoms with Crippen LogP contribution in [0, 0.1) is 0 Å². The molecule has 0 aliphatic carbocycles. The van der Waals surface area contributed by atoms with E-state index >= 15 is 0 Å². The highest BCUT2D eigenvalue weighted by Gasteiger charge is 2.00. The molecule has 0 spiro atoms. The number of fused-ring (bicyclic) bond motifs is 1.